The molecule has 2 amide bonds. The predicted octanol–water partition coefficient (Wildman–Crippen LogP) is 2.71. The van der Waals surface area contributed by atoms with E-state index in [9.17, 15) is 9.59 Å². The molecule has 1 saturated heterocycles. The van der Waals surface area contributed by atoms with Crippen LogP contribution in [-0.2, 0) is 4.79 Å². The smallest absolute Gasteiger partial charge is 0.317 e. The zero-order valence-corrected chi connectivity index (χ0v) is 12.9. The van der Waals surface area contributed by atoms with Crippen LogP contribution in [0.15, 0.2) is 0 Å². The first kappa shape index (κ1) is 16.8. The third-order valence-corrected chi connectivity index (χ3v) is 4.16. The second-order valence-corrected chi connectivity index (χ2v) is 6.13. The number of urea groups is 1. The summed E-state index contributed by atoms with van der Waals surface area (Å²) in [5, 5.41) is 11.7. The van der Waals surface area contributed by atoms with Crippen LogP contribution in [0.2, 0.25) is 0 Å². The van der Waals surface area contributed by atoms with Gasteiger partial charge in [-0.15, -0.1) is 0 Å². The maximum absolute atomic E-state index is 12.1. The van der Waals surface area contributed by atoms with E-state index < -0.39 is 5.97 Å². The molecule has 2 N–H and O–H groups in total. The van der Waals surface area contributed by atoms with Crippen molar-refractivity contribution in [1.82, 2.24) is 10.2 Å². The van der Waals surface area contributed by atoms with Crippen molar-refractivity contribution in [2.75, 3.05) is 13.1 Å². The summed E-state index contributed by atoms with van der Waals surface area (Å²) in [5.74, 6) is 0.198. The average molecular weight is 284 g/mol. The molecule has 0 aromatic heterocycles. The second-order valence-electron chi connectivity index (χ2n) is 6.13. The molecule has 1 aliphatic rings. The summed E-state index contributed by atoms with van der Waals surface area (Å²) in [5.41, 5.74) is 0. The van der Waals surface area contributed by atoms with Crippen molar-refractivity contribution in [3.8, 4) is 0 Å². The first-order valence-corrected chi connectivity index (χ1v) is 7.69. The van der Waals surface area contributed by atoms with Gasteiger partial charge in [0.05, 0.1) is 0 Å². The lowest BCUT2D eigenvalue weighted by Crippen LogP contribution is -2.43. The van der Waals surface area contributed by atoms with Gasteiger partial charge >= 0.3 is 12.0 Å². The Labute approximate surface area is 121 Å². The number of hydrogen-bond donors (Lipinski definition) is 2. The van der Waals surface area contributed by atoms with E-state index in [1.54, 1.807) is 0 Å². The molecule has 0 saturated carbocycles. The molecular formula is C15H28N2O3. The molecule has 1 heterocycles. The van der Waals surface area contributed by atoms with Crippen LogP contribution in [0.5, 0.6) is 0 Å². The maximum atomic E-state index is 12.1. The Bertz CT molecular complexity index is 333. The highest BCUT2D eigenvalue weighted by atomic mass is 16.4. The number of carbonyl (C=O) groups excluding carboxylic acids is 1. The third kappa shape index (κ3) is 5.80. The van der Waals surface area contributed by atoms with Crippen molar-refractivity contribution in [1.29, 1.82) is 0 Å². The molecule has 1 fully saturated rings. The van der Waals surface area contributed by atoms with E-state index in [1.165, 1.54) is 0 Å². The first-order chi connectivity index (χ1) is 9.42. The number of aliphatic carboxylic acids is 1. The Balaban J connectivity index is 2.29. The molecule has 5 nitrogen and oxygen atoms in total. The lowest BCUT2D eigenvalue weighted by Gasteiger charge is -2.22. The van der Waals surface area contributed by atoms with Gasteiger partial charge in [0.1, 0.15) is 0 Å². The van der Waals surface area contributed by atoms with Crippen LogP contribution in [0.1, 0.15) is 52.9 Å². The fourth-order valence-corrected chi connectivity index (χ4v) is 2.71. The van der Waals surface area contributed by atoms with Crippen molar-refractivity contribution >= 4 is 12.0 Å². The van der Waals surface area contributed by atoms with Crippen molar-refractivity contribution in [3.63, 3.8) is 0 Å². The normalized spacial score (nSPS) is 21.6. The van der Waals surface area contributed by atoms with Gasteiger partial charge in [-0.3, -0.25) is 4.79 Å². The lowest BCUT2D eigenvalue weighted by molar-refractivity contribution is -0.137. The van der Waals surface area contributed by atoms with Crippen LogP contribution in [-0.4, -0.2) is 41.1 Å². The van der Waals surface area contributed by atoms with Crippen LogP contribution in [0.3, 0.4) is 0 Å². The van der Waals surface area contributed by atoms with E-state index in [2.05, 4.69) is 19.2 Å². The van der Waals surface area contributed by atoms with Crippen molar-refractivity contribution < 1.29 is 14.7 Å². The van der Waals surface area contributed by atoms with Gasteiger partial charge in [-0.2, -0.15) is 0 Å². The monoisotopic (exact) mass is 284 g/mol. The van der Waals surface area contributed by atoms with Gasteiger partial charge in [-0.25, -0.2) is 4.79 Å². The van der Waals surface area contributed by atoms with Crippen molar-refractivity contribution in [2.24, 2.45) is 11.8 Å². The Kier molecular flexibility index (Phi) is 6.82. The molecule has 5 heteroatoms. The van der Waals surface area contributed by atoms with E-state index in [-0.39, 0.29) is 18.5 Å². The summed E-state index contributed by atoms with van der Waals surface area (Å²) >= 11 is 0. The Hall–Kier alpha value is -1.26. The number of likely N-dealkylation sites (tertiary alicyclic amines) is 1. The van der Waals surface area contributed by atoms with Gasteiger partial charge in [0.15, 0.2) is 0 Å². The summed E-state index contributed by atoms with van der Waals surface area (Å²) < 4.78 is 0. The highest BCUT2D eigenvalue weighted by Gasteiger charge is 2.27. The summed E-state index contributed by atoms with van der Waals surface area (Å²) in [4.78, 5) is 24.5. The van der Waals surface area contributed by atoms with E-state index in [0.717, 1.165) is 25.8 Å². The molecule has 20 heavy (non-hydrogen) atoms. The van der Waals surface area contributed by atoms with Crippen LogP contribution in [0.25, 0.3) is 0 Å². The first-order valence-electron chi connectivity index (χ1n) is 7.69. The molecule has 3 unspecified atom stereocenters. The zero-order valence-electron chi connectivity index (χ0n) is 12.9. The van der Waals surface area contributed by atoms with E-state index in [1.807, 2.05) is 11.8 Å². The van der Waals surface area contributed by atoms with Crippen LogP contribution < -0.4 is 5.32 Å². The Morgan fingerprint density at radius 2 is 2.10 bits per heavy atom. The number of hydrogen-bond acceptors (Lipinski definition) is 2. The SMILES string of the molecule is CCC(C)CC(C)NC(=O)N1CCC(CCC(=O)O)C1. The number of rotatable bonds is 7. The molecule has 0 aliphatic carbocycles. The molecular weight excluding hydrogens is 256 g/mol. The molecule has 1 rings (SSSR count). The number of amides is 2. The standard InChI is InChI=1S/C15H28N2O3/c1-4-11(2)9-12(3)16-15(20)17-8-7-13(10-17)5-6-14(18)19/h11-13H,4-10H2,1-3H3,(H,16,20)(H,18,19). The summed E-state index contributed by atoms with van der Waals surface area (Å²) in [6.45, 7) is 7.83. The highest BCUT2D eigenvalue weighted by molar-refractivity contribution is 5.74. The van der Waals surface area contributed by atoms with Gasteiger partial charge in [0, 0.05) is 25.6 Å². The second kappa shape index (κ2) is 8.12. The summed E-state index contributed by atoms with van der Waals surface area (Å²) in [7, 11) is 0. The van der Waals surface area contributed by atoms with Gasteiger partial charge in [-0.05, 0) is 38.0 Å². The number of nitrogens with one attached hydrogen (secondary N) is 1. The topological polar surface area (TPSA) is 69.6 Å². The van der Waals surface area contributed by atoms with Crippen LogP contribution in [0.4, 0.5) is 4.79 Å². The number of carbonyl (C=O) groups is 2. The molecule has 116 valence electrons. The predicted molar refractivity (Wildman–Crippen MR) is 78.6 cm³/mol. The average Bonchev–Trinajstić information content (AvgIpc) is 2.84. The minimum atomic E-state index is -0.755. The number of carboxylic acids is 1. The van der Waals surface area contributed by atoms with E-state index in [4.69, 9.17) is 5.11 Å². The molecule has 0 bridgehead atoms. The van der Waals surface area contributed by atoms with Gasteiger partial charge < -0.3 is 15.3 Å². The quantitative estimate of drug-likeness (QED) is 0.755. The van der Waals surface area contributed by atoms with E-state index in [0.29, 0.717) is 24.8 Å². The van der Waals surface area contributed by atoms with Gasteiger partial charge in [0.25, 0.3) is 0 Å². The molecule has 0 aromatic rings. The van der Waals surface area contributed by atoms with E-state index >= 15 is 0 Å². The van der Waals surface area contributed by atoms with Crippen molar-refractivity contribution in [2.45, 2.75) is 58.9 Å². The van der Waals surface area contributed by atoms with Gasteiger partial charge in [-0.1, -0.05) is 20.3 Å². The van der Waals surface area contributed by atoms with Crippen LogP contribution >= 0.6 is 0 Å². The minimum Gasteiger partial charge on any atom is -0.481 e. The molecule has 3 atom stereocenters. The molecule has 1 aliphatic heterocycles. The summed E-state index contributed by atoms with van der Waals surface area (Å²) in [6, 6.07) is 0.189. The molecule has 0 aromatic carbocycles. The Morgan fingerprint density at radius 3 is 2.70 bits per heavy atom. The summed E-state index contributed by atoms with van der Waals surface area (Å²) in [6.07, 6.45) is 3.91. The molecule has 0 radical (unpaired) electrons. The third-order valence-electron chi connectivity index (χ3n) is 4.16. The van der Waals surface area contributed by atoms with Crippen molar-refractivity contribution in [3.05, 3.63) is 0 Å². The minimum absolute atomic E-state index is 0.00127. The highest BCUT2D eigenvalue weighted by Crippen LogP contribution is 2.21. The lowest BCUT2D eigenvalue weighted by atomic mass is 10.0. The zero-order chi connectivity index (χ0) is 15.1. The Morgan fingerprint density at radius 1 is 1.40 bits per heavy atom. The molecule has 0 spiro atoms. The van der Waals surface area contributed by atoms with Gasteiger partial charge in [0.2, 0.25) is 0 Å². The number of carboxylic acid groups (broad SMARTS) is 1. The fourth-order valence-electron chi connectivity index (χ4n) is 2.71. The largest absolute Gasteiger partial charge is 0.481 e. The number of nitrogens with zero attached hydrogens (tertiary/aromatic N) is 1. The maximum Gasteiger partial charge on any atom is 0.317 e. The fraction of sp³-hybridized carbons (Fsp3) is 0.867. The van der Waals surface area contributed by atoms with Crippen LogP contribution in [0, 0.1) is 11.8 Å².